The van der Waals surface area contributed by atoms with Gasteiger partial charge in [-0.3, -0.25) is 0 Å². The molecule has 1 N–H and O–H groups in total. The van der Waals surface area contributed by atoms with Crippen LogP contribution in [0.4, 0.5) is 0 Å². The van der Waals surface area contributed by atoms with Crippen LogP contribution in [0.15, 0.2) is 6.33 Å². The Hall–Kier alpha value is -0.956. The van der Waals surface area contributed by atoms with Gasteiger partial charge in [-0.1, -0.05) is 6.92 Å². The molecule has 1 aromatic heterocycles. The standard InChI is InChI=1S/C9H18N4OSi2/c1-7(15(2)10)8-11-6-12-9(13-8)14-16(3,4)5/h6-7,10H,1-5H3. The SMILES string of the molecule is CC(c1ncnc(O[Si](C)(C)C)n1)[Si](C)=N. The van der Waals surface area contributed by atoms with Crippen LogP contribution in [-0.4, -0.2) is 31.9 Å². The molecular weight excluding hydrogens is 236 g/mol. The van der Waals surface area contributed by atoms with E-state index in [4.69, 9.17) is 9.48 Å². The van der Waals surface area contributed by atoms with Gasteiger partial charge >= 0.3 is 6.01 Å². The van der Waals surface area contributed by atoms with Gasteiger partial charge in [0, 0.05) is 5.54 Å². The zero-order valence-electron chi connectivity index (χ0n) is 10.4. The molecule has 0 bridgehead atoms. The van der Waals surface area contributed by atoms with Crippen LogP contribution >= 0.6 is 0 Å². The second-order valence-electron chi connectivity index (χ2n) is 4.75. The number of nitrogens with zero attached hydrogens (tertiary/aromatic N) is 3. The number of rotatable bonds is 4. The molecule has 5 nitrogen and oxygen atoms in total. The number of aromatic nitrogens is 3. The molecule has 0 saturated heterocycles. The van der Waals surface area contributed by atoms with Crippen molar-refractivity contribution in [3.05, 3.63) is 12.2 Å². The van der Waals surface area contributed by atoms with Crippen molar-refractivity contribution in [1.29, 1.82) is 5.05 Å². The van der Waals surface area contributed by atoms with E-state index in [1.54, 1.807) is 0 Å². The Morgan fingerprint density at radius 2 is 2.00 bits per heavy atom. The Kier molecular flexibility index (Phi) is 4.03. The molecule has 1 rings (SSSR count). The summed E-state index contributed by atoms with van der Waals surface area (Å²) in [5.74, 6) is 0.676. The van der Waals surface area contributed by atoms with Gasteiger partial charge in [0.25, 0.3) is 0 Å². The van der Waals surface area contributed by atoms with Crippen LogP contribution in [0.5, 0.6) is 6.01 Å². The third-order valence-corrected chi connectivity index (χ3v) is 4.35. The fourth-order valence-corrected chi connectivity index (χ4v) is 2.19. The van der Waals surface area contributed by atoms with Crippen molar-refractivity contribution >= 4 is 16.9 Å². The van der Waals surface area contributed by atoms with Crippen LogP contribution in [-0.2, 0) is 0 Å². The second-order valence-corrected chi connectivity index (χ2v) is 11.4. The number of hydrogen-bond acceptors (Lipinski definition) is 5. The van der Waals surface area contributed by atoms with E-state index in [9.17, 15) is 0 Å². The van der Waals surface area contributed by atoms with Crippen LogP contribution in [0.3, 0.4) is 0 Å². The molecule has 16 heavy (non-hydrogen) atoms. The molecule has 1 atom stereocenters. The summed E-state index contributed by atoms with van der Waals surface area (Å²) in [5, 5.41) is 7.74. The maximum Gasteiger partial charge on any atom is 0.305 e. The van der Waals surface area contributed by atoms with Crippen molar-refractivity contribution in [2.45, 2.75) is 38.7 Å². The summed E-state index contributed by atoms with van der Waals surface area (Å²) in [6.07, 6.45) is 1.47. The quantitative estimate of drug-likeness (QED) is 0.836. The molecule has 0 aliphatic carbocycles. The summed E-state index contributed by atoms with van der Waals surface area (Å²) in [5.41, 5.74) is 0.0944. The zero-order valence-corrected chi connectivity index (χ0v) is 12.4. The lowest BCUT2D eigenvalue weighted by molar-refractivity contribution is 0.500. The minimum Gasteiger partial charge on any atom is -0.518 e. The van der Waals surface area contributed by atoms with E-state index in [0.29, 0.717) is 11.8 Å². The summed E-state index contributed by atoms with van der Waals surface area (Å²) in [6, 6.07) is 0.402. The highest BCUT2D eigenvalue weighted by Crippen LogP contribution is 2.14. The minimum absolute atomic E-state index is 0.0944. The molecule has 0 aliphatic rings. The van der Waals surface area contributed by atoms with Crippen molar-refractivity contribution < 1.29 is 4.43 Å². The van der Waals surface area contributed by atoms with E-state index in [-0.39, 0.29) is 5.54 Å². The highest BCUT2D eigenvalue weighted by Gasteiger charge is 2.19. The predicted octanol–water partition coefficient (Wildman–Crippen LogP) is 2.20. The van der Waals surface area contributed by atoms with Crippen molar-refractivity contribution in [2.24, 2.45) is 0 Å². The maximum absolute atomic E-state index is 7.74. The van der Waals surface area contributed by atoms with Crippen molar-refractivity contribution in [3.8, 4) is 6.01 Å². The normalized spacial score (nSPS) is 13.3. The first-order chi connectivity index (χ1) is 7.29. The van der Waals surface area contributed by atoms with Gasteiger partial charge < -0.3 is 9.48 Å². The van der Waals surface area contributed by atoms with E-state index >= 15 is 0 Å². The monoisotopic (exact) mass is 254 g/mol. The van der Waals surface area contributed by atoms with Gasteiger partial charge in [0.05, 0.1) is 0 Å². The van der Waals surface area contributed by atoms with Crippen LogP contribution in [0.1, 0.15) is 18.3 Å². The third kappa shape index (κ3) is 3.89. The summed E-state index contributed by atoms with van der Waals surface area (Å²) in [7, 11) is -2.85. The molecule has 1 aromatic rings. The molecule has 88 valence electrons. The van der Waals surface area contributed by atoms with E-state index in [2.05, 4.69) is 34.6 Å². The first-order valence-corrected chi connectivity index (χ1v) is 10.7. The van der Waals surface area contributed by atoms with Crippen LogP contribution in [0.2, 0.25) is 26.2 Å². The van der Waals surface area contributed by atoms with E-state index in [1.807, 2.05) is 13.5 Å². The largest absolute Gasteiger partial charge is 0.518 e. The Balaban J connectivity index is 2.91. The molecule has 0 aromatic carbocycles. The van der Waals surface area contributed by atoms with Crippen molar-refractivity contribution in [1.82, 2.24) is 15.0 Å². The van der Waals surface area contributed by atoms with Gasteiger partial charge in [0.1, 0.15) is 20.7 Å². The van der Waals surface area contributed by atoms with E-state index in [0.717, 1.165) is 0 Å². The first kappa shape index (κ1) is 13.1. The third-order valence-electron chi connectivity index (χ3n) is 2.00. The van der Waals surface area contributed by atoms with Gasteiger partial charge in [-0.05, 0) is 26.2 Å². The maximum atomic E-state index is 7.74. The van der Waals surface area contributed by atoms with Gasteiger partial charge in [0.2, 0.25) is 8.32 Å². The lowest BCUT2D eigenvalue weighted by atomic mass is 10.4. The summed E-state index contributed by atoms with van der Waals surface area (Å²) >= 11 is 0. The molecule has 0 spiro atoms. The van der Waals surface area contributed by atoms with Crippen LogP contribution < -0.4 is 4.43 Å². The van der Waals surface area contributed by atoms with Crippen molar-refractivity contribution in [3.63, 3.8) is 0 Å². The highest BCUT2D eigenvalue weighted by atomic mass is 28.4. The topological polar surface area (TPSA) is 71.8 Å². The average molecular weight is 254 g/mol. The number of hydrogen-bond donors (Lipinski definition) is 1. The van der Waals surface area contributed by atoms with E-state index < -0.39 is 16.9 Å². The minimum atomic E-state index is -1.67. The van der Waals surface area contributed by atoms with Crippen LogP contribution in [0.25, 0.3) is 0 Å². The summed E-state index contributed by atoms with van der Waals surface area (Å²) in [6.45, 7) is 10.2. The second kappa shape index (κ2) is 4.92. The van der Waals surface area contributed by atoms with Gasteiger partial charge in [0.15, 0.2) is 0 Å². The fraction of sp³-hybridized carbons (Fsp3) is 0.667. The molecular formula is C9H18N4OSi2. The zero-order chi connectivity index (χ0) is 12.3. The lowest BCUT2D eigenvalue weighted by Gasteiger charge is -2.17. The molecule has 0 amide bonds. The Labute approximate surface area is 98.6 Å². The summed E-state index contributed by atoms with van der Waals surface area (Å²) in [4.78, 5) is 12.4. The molecule has 7 heteroatoms. The smallest absolute Gasteiger partial charge is 0.305 e. The Morgan fingerprint density at radius 1 is 1.38 bits per heavy atom. The van der Waals surface area contributed by atoms with Gasteiger partial charge in [-0.25, -0.2) is 4.98 Å². The molecule has 1 unspecified atom stereocenters. The summed E-state index contributed by atoms with van der Waals surface area (Å²) < 4.78 is 5.70. The van der Waals surface area contributed by atoms with Crippen LogP contribution in [0, 0.1) is 5.05 Å². The first-order valence-electron chi connectivity index (χ1n) is 5.22. The predicted molar refractivity (Wildman–Crippen MR) is 66.6 cm³/mol. The lowest BCUT2D eigenvalue weighted by Crippen LogP contribution is -2.30. The van der Waals surface area contributed by atoms with Gasteiger partial charge in [-0.15, -0.1) is 0 Å². The Morgan fingerprint density at radius 3 is 2.50 bits per heavy atom. The highest BCUT2D eigenvalue weighted by molar-refractivity contribution is 6.70. The Bertz CT molecular complexity index is 391. The molecule has 0 saturated carbocycles. The molecule has 0 radical (unpaired) electrons. The molecule has 0 aliphatic heterocycles. The number of nitrogens with one attached hydrogen (secondary N) is 1. The average Bonchev–Trinajstić information content (AvgIpc) is 2.14. The molecule has 0 fully saturated rings. The van der Waals surface area contributed by atoms with Gasteiger partial charge in [-0.2, -0.15) is 9.97 Å². The molecule has 1 heterocycles. The van der Waals surface area contributed by atoms with Crippen molar-refractivity contribution in [2.75, 3.05) is 0 Å². The fourth-order valence-electron chi connectivity index (χ4n) is 1.02. The van der Waals surface area contributed by atoms with E-state index in [1.165, 1.54) is 6.33 Å².